The van der Waals surface area contributed by atoms with E-state index in [0.717, 1.165) is 23.8 Å². The van der Waals surface area contributed by atoms with Crippen LogP contribution in [0.3, 0.4) is 0 Å². The standard InChI is InChI=1S/C21H14F5N3O2/c1-11-2-7-18(27-10-11)29-20(31)21(25,26)14-8-12(3-5-15(14)22)19(30)28-13-4-6-16(23)17(24)9-13/h2-10H,1H3,(H,28,30)(H,27,29,31). The Kier molecular flexibility index (Phi) is 6.00. The molecule has 2 amide bonds. The number of aromatic nitrogens is 1. The summed E-state index contributed by atoms with van der Waals surface area (Å²) in [4.78, 5) is 28.1. The number of hydrogen-bond acceptors (Lipinski definition) is 3. The van der Waals surface area contributed by atoms with Crippen LogP contribution in [0.15, 0.2) is 54.7 Å². The highest BCUT2D eigenvalue weighted by molar-refractivity contribution is 6.04. The van der Waals surface area contributed by atoms with Crippen LogP contribution in [0.25, 0.3) is 0 Å². The smallest absolute Gasteiger partial charge is 0.322 e. The van der Waals surface area contributed by atoms with Gasteiger partial charge in [-0.1, -0.05) is 6.07 Å². The number of hydrogen-bond donors (Lipinski definition) is 2. The minimum Gasteiger partial charge on any atom is -0.322 e. The summed E-state index contributed by atoms with van der Waals surface area (Å²) in [5.41, 5.74) is -1.18. The van der Waals surface area contributed by atoms with Gasteiger partial charge in [0.25, 0.3) is 5.91 Å². The molecule has 0 aliphatic carbocycles. The zero-order chi connectivity index (χ0) is 22.8. The van der Waals surface area contributed by atoms with Crippen molar-refractivity contribution >= 4 is 23.3 Å². The van der Waals surface area contributed by atoms with Crippen molar-refractivity contribution < 1.29 is 31.5 Å². The van der Waals surface area contributed by atoms with E-state index < -0.39 is 46.3 Å². The Morgan fingerprint density at radius 3 is 2.23 bits per heavy atom. The molecule has 0 radical (unpaired) electrons. The van der Waals surface area contributed by atoms with Gasteiger partial charge in [0.15, 0.2) is 11.6 Å². The van der Waals surface area contributed by atoms with Crippen molar-refractivity contribution in [1.29, 1.82) is 0 Å². The van der Waals surface area contributed by atoms with Gasteiger partial charge >= 0.3 is 11.8 Å². The van der Waals surface area contributed by atoms with Crippen molar-refractivity contribution in [1.82, 2.24) is 4.98 Å². The van der Waals surface area contributed by atoms with Gasteiger partial charge in [-0.05, 0) is 48.9 Å². The van der Waals surface area contributed by atoms with E-state index in [1.165, 1.54) is 18.3 Å². The van der Waals surface area contributed by atoms with Crippen LogP contribution in [0.1, 0.15) is 21.5 Å². The SMILES string of the molecule is Cc1ccc(NC(=O)C(F)(F)c2cc(C(=O)Nc3ccc(F)c(F)c3)ccc2F)nc1. The van der Waals surface area contributed by atoms with Gasteiger partial charge < -0.3 is 10.6 Å². The van der Waals surface area contributed by atoms with Crippen molar-refractivity contribution in [2.24, 2.45) is 0 Å². The summed E-state index contributed by atoms with van der Waals surface area (Å²) < 4.78 is 69.6. The van der Waals surface area contributed by atoms with Gasteiger partial charge in [0.2, 0.25) is 0 Å². The molecule has 160 valence electrons. The van der Waals surface area contributed by atoms with Crippen LogP contribution < -0.4 is 10.6 Å². The first kappa shape index (κ1) is 21.9. The lowest BCUT2D eigenvalue weighted by molar-refractivity contribution is -0.141. The first-order chi connectivity index (χ1) is 14.6. The first-order valence-corrected chi connectivity index (χ1v) is 8.76. The molecule has 0 spiro atoms. The van der Waals surface area contributed by atoms with Crippen LogP contribution >= 0.6 is 0 Å². The lowest BCUT2D eigenvalue weighted by Gasteiger charge is -2.17. The Balaban J connectivity index is 1.84. The van der Waals surface area contributed by atoms with E-state index in [9.17, 15) is 31.5 Å². The number of nitrogens with one attached hydrogen (secondary N) is 2. The van der Waals surface area contributed by atoms with E-state index in [-0.39, 0.29) is 11.5 Å². The molecule has 5 nitrogen and oxygen atoms in total. The quantitative estimate of drug-likeness (QED) is 0.566. The van der Waals surface area contributed by atoms with Gasteiger partial charge in [0.1, 0.15) is 11.6 Å². The highest BCUT2D eigenvalue weighted by Gasteiger charge is 2.44. The molecular formula is C21H14F5N3O2. The Labute approximate surface area is 172 Å². The second kappa shape index (κ2) is 8.50. The zero-order valence-corrected chi connectivity index (χ0v) is 15.8. The van der Waals surface area contributed by atoms with E-state index in [4.69, 9.17) is 0 Å². The molecule has 10 heteroatoms. The maximum Gasteiger partial charge on any atom is 0.352 e. The van der Waals surface area contributed by atoms with Gasteiger partial charge in [0.05, 0.1) is 5.56 Å². The van der Waals surface area contributed by atoms with E-state index >= 15 is 0 Å². The fraction of sp³-hybridized carbons (Fsp3) is 0.0952. The molecule has 2 N–H and O–H groups in total. The summed E-state index contributed by atoms with van der Waals surface area (Å²) in [5.74, 6) is -11.1. The molecule has 2 aromatic carbocycles. The Morgan fingerprint density at radius 1 is 0.871 bits per heavy atom. The van der Waals surface area contributed by atoms with Crippen LogP contribution in [0.4, 0.5) is 33.5 Å². The molecule has 0 saturated carbocycles. The molecule has 0 fully saturated rings. The van der Waals surface area contributed by atoms with Crippen molar-refractivity contribution in [3.63, 3.8) is 0 Å². The monoisotopic (exact) mass is 435 g/mol. The first-order valence-electron chi connectivity index (χ1n) is 8.76. The van der Waals surface area contributed by atoms with Crippen LogP contribution in [-0.2, 0) is 10.7 Å². The van der Waals surface area contributed by atoms with Gasteiger partial charge in [-0.15, -0.1) is 0 Å². The molecular weight excluding hydrogens is 421 g/mol. The summed E-state index contributed by atoms with van der Waals surface area (Å²) in [7, 11) is 0. The number of alkyl halides is 2. The van der Waals surface area contributed by atoms with E-state index in [2.05, 4.69) is 10.3 Å². The maximum absolute atomic E-state index is 14.6. The predicted molar refractivity (Wildman–Crippen MR) is 102 cm³/mol. The number of halogens is 5. The molecule has 0 bridgehead atoms. The largest absolute Gasteiger partial charge is 0.352 e. The topological polar surface area (TPSA) is 71.1 Å². The lowest BCUT2D eigenvalue weighted by Crippen LogP contribution is -2.33. The van der Waals surface area contributed by atoms with Gasteiger partial charge in [-0.3, -0.25) is 9.59 Å². The normalized spacial score (nSPS) is 11.2. The number of anilines is 2. The second-order valence-electron chi connectivity index (χ2n) is 6.53. The lowest BCUT2D eigenvalue weighted by atomic mass is 10.0. The molecule has 0 aliphatic rings. The Bertz CT molecular complexity index is 1150. The van der Waals surface area contributed by atoms with Crippen molar-refractivity contribution in [2.45, 2.75) is 12.8 Å². The minimum absolute atomic E-state index is 0.148. The summed E-state index contributed by atoms with van der Waals surface area (Å²) >= 11 is 0. The molecule has 0 saturated heterocycles. The number of amides is 2. The number of carbonyl (C=O) groups excluding carboxylic acids is 2. The summed E-state index contributed by atoms with van der Waals surface area (Å²) in [6, 6.07) is 7.34. The van der Waals surface area contributed by atoms with Crippen molar-refractivity contribution in [3.8, 4) is 0 Å². The third kappa shape index (κ3) is 4.85. The number of carbonyl (C=O) groups is 2. The molecule has 3 rings (SSSR count). The number of rotatable bonds is 5. The van der Waals surface area contributed by atoms with Gasteiger partial charge in [0, 0.05) is 23.5 Å². The Hall–Kier alpha value is -3.82. The molecule has 1 heterocycles. The van der Waals surface area contributed by atoms with E-state index in [0.29, 0.717) is 18.2 Å². The number of nitrogens with zero attached hydrogens (tertiary/aromatic N) is 1. The second-order valence-corrected chi connectivity index (χ2v) is 6.53. The summed E-state index contributed by atoms with van der Waals surface area (Å²) in [5, 5.41) is 4.07. The highest BCUT2D eigenvalue weighted by atomic mass is 19.3. The zero-order valence-electron chi connectivity index (χ0n) is 15.8. The van der Waals surface area contributed by atoms with Crippen LogP contribution in [-0.4, -0.2) is 16.8 Å². The number of aryl methyl sites for hydroxylation is 1. The molecule has 31 heavy (non-hydrogen) atoms. The molecule has 3 aromatic rings. The van der Waals surface area contributed by atoms with Gasteiger partial charge in [-0.2, -0.15) is 8.78 Å². The third-order valence-electron chi connectivity index (χ3n) is 4.18. The highest BCUT2D eigenvalue weighted by Crippen LogP contribution is 2.32. The van der Waals surface area contributed by atoms with Gasteiger partial charge in [-0.25, -0.2) is 18.2 Å². The molecule has 0 unspecified atom stereocenters. The van der Waals surface area contributed by atoms with Crippen LogP contribution in [0.5, 0.6) is 0 Å². The minimum atomic E-state index is -4.34. The fourth-order valence-corrected chi connectivity index (χ4v) is 2.54. The molecule has 0 atom stereocenters. The maximum atomic E-state index is 14.6. The Morgan fingerprint density at radius 2 is 1.58 bits per heavy atom. The van der Waals surface area contributed by atoms with Crippen LogP contribution in [0, 0.1) is 24.4 Å². The van der Waals surface area contributed by atoms with Crippen molar-refractivity contribution in [2.75, 3.05) is 10.6 Å². The van der Waals surface area contributed by atoms with Crippen molar-refractivity contribution in [3.05, 3.63) is 88.9 Å². The average Bonchev–Trinajstić information content (AvgIpc) is 2.72. The molecule has 1 aromatic heterocycles. The van der Waals surface area contributed by atoms with E-state index in [1.54, 1.807) is 6.92 Å². The number of pyridine rings is 1. The summed E-state index contributed by atoms with van der Waals surface area (Å²) in [6.45, 7) is 1.71. The fourth-order valence-electron chi connectivity index (χ4n) is 2.54. The molecule has 0 aliphatic heterocycles. The predicted octanol–water partition coefficient (Wildman–Crippen LogP) is 4.79. The van der Waals surface area contributed by atoms with E-state index in [1.807, 2.05) is 5.32 Å². The average molecular weight is 435 g/mol. The summed E-state index contributed by atoms with van der Waals surface area (Å²) in [6.07, 6.45) is 1.34. The number of benzene rings is 2. The third-order valence-corrected chi connectivity index (χ3v) is 4.18. The van der Waals surface area contributed by atoms with Crippen LogP contribution in [0.2, 0.25) is 0 Å².